The van der Waals surface area contributed by atoms with Crippen LogP contribution in [0, 0.1) is 20.8 Å². The van der Waals surface area contributed by atoms with Crippen LogP contribution >= 0.6 is 15.9 Å². The molecule has 1 aromatic heterocycles. The van der Waals surface area contributed by atoms with E-state index in [4.69, 9.17) is 0 Å². The smallest absolute Gasteiger partial charge is 0.268 e. The Bertz CT molecular complexity index is 1100. The fourth-order valence-electron chi connectivity index (χ4n) is 2.92. The van der Waals surface area contributed by atoms with E-state index in [2.05, 4.69) is 31.4 Å². The molecule has 0 aliphatic rings. The number of aryl methyl sites for hydroxylation is 3. The Kier molecular flexibility index (Phi) is 6.09. The van der Waals surface area contributed by atoms with Gasteiger partial charge in [-0.25, -0.2) is 8.42 Å². The molecule has 0 fully saturated rings. The molecule has 3 aromatic rings. The van der Waals surface area contributed by atoms with Crippen molar-refractivity contribution in [3.8, 4) is 0 Å². The van der Waals surface area contributed by atoms with Crippen molar-refractivity contribution in [2.45, 2.75) is 25.7 Å². The van der Waals surface area contributed by atoms with E-state index < -0.39 is 15.9 Å². The van der Waals surface area contributed by atoms with Gasteiger partial charge in [0.15, 0.2) is 0 Å². The number of carbonyl (C=O) groups is 1. The van der Waals surface area contributed by atoms with Crippen LogP contribution in [0.15, 0.2) is 57.9 Å². The van der Waals surface area contributed by atoms with Crippen LogP contribution in [-0.2, 0) is 14.8 Å². The quantitative estimate of drug-likeness (QED) is 0.563. The van der Waals surface area contributed by atoms with Crippen LogP contribution in [0.5, 0.6) is 0 Å². The first-order valence-electron chi connectivity index (χ1n) is 8.85. The fraction of sp³-hybridized carbons (Fsp3) is 0.200. The van der Waals surface area contributed by atoms with E-state index in [9.17, 15) is 13.2 Å². The number of sulfonamides is 1. The van der Waals surface area contributed by atoms with Crippen LogP contribution in [0.3, 0.4) is 0 Å². The van der Waals surface area contributed by atoms with Gasteiger partial charge in [-0.1, -0.05) is 33.6 Å². The number of H-pyrrole nitrogens is 1. The van der Waals surface area contributed by atoms with Gasteiger partial charge in [-0.05, 0) is 57.2 Å². The van der Waals surface area contributed by atoms with Gasteiger partial charge >= 0.3 is 0 Å². The molecule has 0 radical (unpaired) electrons. The summed E-state index contributed by atoms with van der Waals surface area (Å²) in [6.07, 6.45) is 0. The van der Waals surface area contributed by atoms with Crippen molar-refractivity contribution in [2.75, 3.05) is 16.2 Å². The number of nitrogens with zero attached hydrogens (tertiary/aromatic N) is 2. The van der Waals surface area contributed by atoms with Crippen LogP contribution in [0.2, 0.25) is 0 Å². The average Bonchev–Trinajstić information content (AvgIpc) is 3.01. The summed E-state index contributed by atoms with van der Waals surface area (Å²) in [7, 11) is -4.01. The normalized spacial score (nSPS) is 11.3. The second-order valence-corrected chi connectivity index (χ2v) is 9.38. The molecule has 9 heteroatoms. The highest BCUT2D eigenvalue weighted by Crippen LogP contribution is 2.27. The van der Waals surface area contributed by atoms with Gasteiger partial charge in [-0.2, -0.15) is 5.10 Å². The van der Waals surface area contributed by atoms with Gasteiger partial charge in [0.2, 0.25) is 5.91 Å². The van der Waals surface area contributed by atoms with Gasteiger partial charge in [0, 0.05) is 10.2 Å². The summed E-state index contributed by atoms with van der Waals surface area (Å²) >= 11 is 3.34. The Morgan fingerprint density at radius 1 is 1.07 bits per heavy atom. The molecule has 0 atom stereocenters. The van der Waals surface area contributed by atoms with Gasteiger partial charge in [-0.3, -0.25) is 14.2 Å². The predicted octanol–water partition coefficient (Wildman–Crippen LogP) is 3.93. The van der Waals surface area contributed by atoms with E-state index in [1.807, 2.05) is 6.92 Å². The lowest BCUT2D eigenvalue weighted by Crippen LogP contribution is -2.38. The van der Waals surface area contributed by atoms with Crippen molar-refractivity contribution in [1.82, 2.24) is 10.2 Å². The van der Waals surface area contributed by atoms with Crippen LogP contribution in [0.4, 0.5) is 11.4 Å². The molecule has 3 rings (SSSR count). The number of amides is 1. The lowest BCUT2D eigenvalue weighted by molar-refractivity contribution is -0.114. The Labute approximate surface area is 178 Å². The highest BCUT2D eigenvalue weighted by molar-refractivity contribution is 9.10. The number of carbonyl (C=O) groups excluding carboxylic acids is 1. The zero-order valence-corrected chi connectivity index (χ0v) is 18.6. The third-order valence-electron chi connectivity index (χ3n) is 4.35. The molecule has 0 aliphatic carbocycles. The maximum atomic E-state index is 13.4. The zero-order valence-electron chi connectivity index (χ0n) is 16.2. The third-order valence-corrected chi connectivity index (χ3v) is 6.91. The predicted molar refractivity (Wildman–Crippen MR) is 117 cm³/mol. The Morgan fingerprint density at radius 2 is 1.69 bits per heavy atom. The van der Waals surface area contributed by atoms with Crippen molar-refractivity contribution >= 4 is 43.2 Å². The number of hydrogen-bond acceptors (Lipinski definition) is 4. The lowest BCUT2D eigenvalue weighted by Gasteiger charge is -2.24. The molecule has 7 nitrogen and oxygen atoms in total. The molecule has 1 heterocycles. The third kappa shape index (κ3) is 4.68. The molecule has 0 aliphatic heterocycles. The van der Waals surface area contributed by atoms with E-state index in [0.717, 1.165) is 14.3 Å². The van der Waals surface area contributed by atoms with Gasteiger partial charge < -0.3 is 5.32 Å². The minimum absolute atomic E-state index is 0.0783. The van der Waals surface area contributed by atoms with E-state index in [0.29, 0.717) is 22.8 Å². The molecule has 0 unspecified atom stereocenters. The second-order valence-electron chi connectivity index (χ2n) is 6.67. The maximum absolute atomic E-state index is 13.4. The molecule has 0 bridgehead atoms. The Hall–Kier alpha value is -2.65. The molecular weight excluding hydrogens is 456 g/mol. The molecule has 2 aromatic carbocycles. The molecule has 0 spiro atoms. The summed E-state index contributed by atoms with van der Waals surface area (Å²) in [6, 6.07) is 14.0. The first-order chi connectivity index (χ1) is 13.7. The number of rotatable bonds is 6. The standard InChI is InChI=1S/C20H21BrN4O3S/c1-13-4-10-18(11-5-13)25(29(27,28)20-14(2)23-24-15(20)3)12-19(26)22-17-8-6-16(21)7-9-17/h4-11H,12H2,1-3H3,(H,22,26)(H,23,24). The lowest BCUT2D eigenvalue weighted by atomic mass is 10.2. The van der Waals surface area contributed by atoms with Crippen molar-refractivity contribution in [1.29, 1.82) is 0 Å². The Balaban J connectivity index is 1.96. The number of aromatic amines is 1. The first-order valence-corrected chi connectivity index (χ1v) is 11.1. The second kappa shape index (κ2) is 8.38. The van der Waals surface area contributed by atoms with Crippen LogP contribution in [0.1, 0.15) is 17.0 Å². The number of nitrogens with one attached hydrogen (secondary N) is 2. The van der Waals surface area contributed by atoms with Crippen molar-refractivity contribution in [3.63, 3.8) is 0 Å². The molecule has 1 amide bonds. The van der Waals surface area contributed by atoms with Crippen molar-refractivity contribution in [3.05, 3.63) is 70.0 Å². The van der Waals surface area contributed by atoms with Gasteiger partial charge in [0.1, 0.15) is 11.4 Å². The van der Waals surface area contributed by atoms with Crippen LogP contribution < -0.4 is 9.62 Å². The molecule has 152 valence electrons. The summed E-state index contributed by atoms with van der Waals surface area (Å²) in [6.45, 7) is 4.80. The number of halogens is 1. The number of aromatic nitrogens is 2. The number of hydrogen-bond donors (Lipinski definition) is 2. The van der Waals surface area contributed by atoms with E-state index in [1.54, 1.807) is 62.4 Å². The minimum Gasteiger partial charge on any atom is -0.325 e. The van der Waals surface area contributed by atoms with Crippen molar-refractivity contribution < 1.29 is 13.2 Å². The molecule has 0 saturated heterocycles. The van der Waals surface area contributed by atoms with Crippen LogP contribution in [0.25, 0.3) is 0 Å². The first kappa shape index (κ1) is 21.1. The maximum Gasteiger partial charge on any atom is 0.268 e. The Morgan fingerprint density at radius 3 is 2.24 bits per heavy atom. The van der Waals surface area contributed by atoms with Crippen molar-refractivity contribution in [2.24, 2.45) is 0 Å². The summed E-state index contributed by atoms with van der Waals surface area (Å²) in [5, 5.41) is 9.43. The highest BCUT2D eigenvalue weighted by atomic mass is 79.9. The minimum atomic E-state index is -4.01. The molecule has 29 heavy (non-hydrogen) atoms. The number of benzene rings is 2. The summed E-state index contributed by atoms with van der Waals surface area (Å²) in [5.74, 6) is -0.449. The SMILES string of the molecule is Cc1ccc(N(CC(=O)Nc2ccc(Br)cc2)S(=O)(=O)c2c(C)n[nH]c2C)cc1. The average molecular weight is 477 g/mol. The van der Waals surface area contributed by atoms with Gasteiger partial charge in [0.05, 0.1) is 17.1 Å². The van der Waals surface area contributed by atoms with Gasteiger partial charge in [0.25, 0.3) is 10.0 Å². The van der Waals surface area contributed by atoms with Crippen LogP contribution in [-0.4, -0.2) is 31.1 Å². The topological polar surface area (TPSA) is 95.2 Å². The van der Waals surface area contributed by atoms with Gasteiger partial charge in [-0.15, -0.1) is 0 Å². The largest absolute Gasteiger partial charge is 0.325 e. The fourth-order valence-corrected chi connectivity index (χ4v) is 4.94. The van der Waals surface area contributed by atoms with E-state index >= 15 is 0 Å². The molecule has 0 saturated carbocycles. The van der Waals surface area contributed by atoms with E-state index in [-0.39, 0.29) is 11.4 Å². The monoisotopic (exact) mass is 476 g/mol. The summed E-state index contributed by atoms with van der Waals surface area (Å²) in [4.78, 5) is 12.8. The summed E-state index contributed by atoms with van der Waals surface area (Å²) in [5.41, 5.74) is 2.75. The highest BCUT2D eigenvalue weighted by Gasteiger charge is 2.31. The van der Waals surface area contributed by atoms with E-state index in [1.165, 1.54) is 0 Å². The summed E-state index contributed by atoms with van der Waals surface area (Å²) < 4.78 is 28.8. The number of anilines is 2. The zero-order chi connectivity index (χ0) is 21.2. The molecule has 2 N–H and O–H groups in total. The molecular formula is C20H21BrN4O3S.